The largest absolute Gasteiger partial charge is 0.357 e. The first-order valence-corrected chi connectivity index (χ1v) is 9.48. The van der Waals surface area contributed by atoms with Crippen molar-refractivity contribution in [3.05, 3.63) is 35.9 Å². The lowest BCUT2D eigenvalue weighted by atomic mass is 9.96. The first-order valence-electron chi connectivity index (χ1n) is 9.48. The molecular weight excluding hydrogens is 310 g/mol. The molecule has 0 unspecified atom stereocenters. The molecule has 1 saturated carbocycles. The van der Waals surface area contributed by atoms with Crippen LogP contribution in [0.25, 0.3) is 10.9 Å². The summed E-state index contributed by atoms with van der Waals surface area (Å²) in [6.45, 7) is 5.13. The van der Waals surface area contributed by atoms with Crippen LogP contribution in [0.1, 0.15) is 31.2 Å². The van der Waals surface area contributed by atoms with E-state index in [1.165, 1.54) is 10.9 Å². The molecule has 4 rings (SSSR count). The number of amides is 1. The Morgan fingerprint density at radius 3 is 2.64 bits per heavy atom. The first kappa shape index (κ1) is 16.4. The number of piperidine rings is 1. The van der Waals surface area contributed by atoms with Gasteiger partial charge < -0.3 is 9.80 Å². The van der Waals surface area contributed by atoms with E-state index in [-0.39, 0.29) is 0 Å². The van der Waals surface area contributed by atoms with Gasteiger partial charge in [0.05, 0.1) is 5.52 Å². The molecule has 2 aliphatic rings. The molecule has 0 spiro atoms. The van der Waals surface area contributed by atoms with E-state index >= 15 is 0 Å². The number of pyridine rings is 1. The Labute approximate surface area is 149 Å². The summed E-state index contributed by atoms with van der Waals surface area (Å²) in [4.78, 5) is 21.4. The highest BCUT2D eigenvalue weighted by Crippen LogP contribution is 2.32. The van der Waals surface area contributed by atoms with E-state index in [9.17, 15) is 4.79 Å². The predicted octanol–water partition coefficient (Wildman–Crippen LogP) is 3.63. The summed E-state index contributed by atoms with van der Waals surface area (Å²) < 4.78 is 0. The SMILES string of the molecule is Cc1cc(N2CCC(CN(C)C(=O)C3CC3)CC2)nc2ccccc12. The van der Waals surface area contributed by atoms with Crippen LogP contribution in [-0.4, -0.2) is 42.5 Å². The van der Waals surface area contributed by atoms with Gasteiger partial charge in [-0.3, -0.25) is 4.79 Å². The van der Waals surface area contributed by atoms with Gasteiger partial charge in [0.1, 0.15) is 5.82 Å². The molecule has 2 fully saturated rings. The summed E-state index contributed by atoms with van der Waals surface area (Å²) in [5.41, 5.74) is 2.37. The van der Waals surface area contributed by atoms with Crippen LogP contribution in [0, 0.1) is 18.8 Å². The quantitative estimate of drug-likeness (QED) is 0.855. The molecule has 132 valence electrons. The number of benzene rings is 1. The van der Waals surface area contributed by atoms with Crippen molar-refractivity contribution in [1.29, 1.82) is 0 Å². The fourth-order valence-electron chi connectivity index (χ4n) is 3.96. The van der Waals surface area contributed by atoms with Gasteiger partial charge in [0.25, 0.3) is 0 Å². The lowest BCUT2D eigenvalue weighted by Gasteiger charge is -2.35. The van der Waals surface area contributed by atoms with Crippen molar-refractivity contribution >= 4 is 22.6 Å². The molecule has 1 amide bonds. The molecule has 1 saturated heterocycles. The van der Waals surface area contributed by atoms with Gasteiger partial charge in [-0.05, 0) is 56.2 Å². The third kappa shape index (κ3) is 3.48. The van der Waals surface area contributed by atoms with Crippen molar-refractivity contribution < 1.29 is 4.79 Å². The number of aryl methyl sites for hydroxylation is 1. The van der Waals surface area contributed by atoms with E-state index in [1.807, 2.05) is 11.9 Å². The maximum Gasteiger partial charge on any atom is 0.225 e. The lowest BCUT2D eigenvalue weighted by molar-refractivity contribution is -0.131. The molecule has 0 bridgehead atoms. The fraction of sp³-hybridized carbons (Fsp3) is 0.524. The van der Waals surface area contributed by atoms with Crippen LogP contribution in [0.15, 0.2) is 30.3 Å². The van der Waals surface area contributed by atoms with Gasteiger partial charge >= 0.3 is 0 Å². The highest BCUT2D eigenvalue weighted by atomic mass is 16.2. The Hall–Kier alpha value is -2.10. The Morgan fingerprint density at radius 1 is 1.20 bits per heavy atom. The van der Waals surface area contributed by atoms with Gasteiger partial charge in [-0.1, -0.05) is 18.2 Å². The molecule has 4 nitrogen and oxygen atoms in total. The van der Waals surface area contributed by atoms with E-state index in [1.54, 1.807) is 0 Å². The topological polar surface area (TPSA) is 36.4 Å². The minimum Gasteiger partial charge on any atom is -0.357 e. The van der Waals surface area contributed by atoms with Gasteiger partial charge in [-0.2, -0.15) is 0 Å². The third-order valence-corrected chi connectivity index (χ3v) is 5.68. The highest BCUT2D eigenvalue weighted by molar-refractivity contribution is 5.84. The number of hydrogen-bond donors (Lipinski definition) is 0. The van der Waals surface area contributed by atoms with Crippen molar-refractivity contribution in [2.75, 3.05) is 31.6 Å². The number of carbonyl (C=O) groups excluding carboxylic acids is 1. The zero-order valence-corrected chi connectivity index (χ0v) is 15.2. The average Bonchev–Trinajstić information content (AvgIpc) is 3.47. The van der Waals surface area contributed by atoms with Crippen LogP contribution in [0.5, 0.6) is 0 Å². The summed E-state index contributed by atoms with van der Waals surface area (Å²) in [5, 5.41) is 1.24. The summed E-state index contributed by atoms with van der Waals surface area (Å²) in [7, 11) is 1.97. The number of hydrogen-bond acceptors (Lipinski definition) is 3. The van der Waals surface area contributed by atoms with E-state index in [0.717, 1.165) is 56.7 Å². The maximum absolute atomic E-state index is 12.1. The number of anilines is 1. The molecule has 4 heteroatoms. The minimum atomic E-state index is 0.329. The normalized spacial score (nSPS) is 18.6. The van der Waals surface area contributed by atoms with Crippen molar-refractivity contribution in [3.63, 3.8) is 0 Å². The number of para-hydroxylation sites is 1. The maximum atomic E-state index is 12.1. The average molecular weight is 337 g/mol. The third-order valence-electron chi connectivity index (χ3n) is 5.68. The number of nitrogens with zero attached hydrogens (tertiary/aromatic N) is 3. The fourth-order valence-corrected chi connectivity index (χ4v) is 3.96. The van der Waals surface area contributed by atoms with Gasteiger partial charge in [0.2, 0.25) is 5.91 Å². The molecular formula is C21H27N3O. The number of fused-ring (bicyclic) bond motifs is 1. The smallest absolute Gasteiger partial charge is 0.225 e. The van der Waals surface area contributed by atoms with Crippen molar-refractivity contribution in [2.24, 2.45) is 11.8 Å². The second kappa shape index (κ2) is 6.66. The Bertz CT molecular complexity index is 776. The van der Waals surface area contributed by atoms with Crippen LogP contribution >= 0.6 is 0 Å². The summed E-state index contributed by atoms with van der Waals surface area (Å²) in [5.74, 6) is 2.40. The van der Waals surface area contributed by atoms with Crippen LogP contribution in [0.2, 0.25) is 0 Å². The number of rotatable bonds is 4. The van der Waals surface area contributed by atoms with Gasteiger partial charge in [0, 0.05) is 38.0 Å². The molecule has 0 atom stereocenters. The highest BCUT2D eigenvalue weighted by Gasteiger charge is 2.33. The van der Waals surface area contributed by atoms with Crippen molar-refractivity contribution in [1.82, 2.24) is 9.88 Å². The molecule has 1 aromatic carbocycles. The van der Waals surface area contributed by atoms with Gasteiger partial charge in [0.15, 0.2) is 0 Å². The minimum absolute atomic E-state index is 0.329. The Kier molecular flexibility index (Phi) is 4.36. The summed E-state index contributed by atoms with van der Waals surface area (Å²) in [6, 6.07) is 10.6. The van der Waals surface area contributed by atoms with Crippen LogP contribution in [0.3, 0.4) is 0 Å². The standard InChI is InChI=1S/C21H27N3O/c1-15-13-20(22-19-6-4-3-5-18(15)19)24-11-9-16(10-12-24)14-23(2)21(25)17-7-8-17/h3-6,13,16-17H,7-12,14H2,1-2H3. The predicted molar refractivity (Wildman–Crippen MR) is 102 cm³/mol. The Morgan fingerprint density at radius 2 is 1.92 bits per heavy atom. The zero-order valence-electron chi connectivity index (χ0n) is 15.2. The Balaban J connectivity index is 1.39. The van der Waals surface area contributed by atoms with Crippen LogP contribution in [-0.2, 0) is 4.79 Å². The van der Waals surface area contributed by atoms with E-state index in [2.05, 4.69) is 42.2 Å². The van der Waals surface area contributed by atoms with Crippen molar-refractivity contribution in [3.8, 4) is 0 Å². The van der Waals surface area contributed by atoms with E-state index in [4.69, 9.17) is 4.98 Å². The molecule has 1 aromatic heterocycles. The van der Waals surface area contributed by atoms with Crippen molar-refractivity contribution in [2.45, 2.75) is 32.6 Å². The molecule has 2 aromatic rings. The molecule has 0 N–H and O–H groups in total. The van der Waals surface area contributed by atoms with E-state index in [0.29, 0.717) is 17.7 Å². The number of carbonyl (C=O) groups is 1. The molecule has 2 heterocycles. The first-order chi connectivity index (χ1) is 12.1. The van der Waals surface area contributed by atoms with Gasteiger partial charge in [-0.25, -0.2) is 4.98 Å². The number of aromatic nitrogens is 1. The molecule has 1 aliphatic heterocycles. The summed E-state index contributed by atoms with van der Waals surface area (Å²) >= 11 is 0. The molecule has 0 radical (unpaired) electrons. The molecule has 1 aliphatic carbocycles. The van der Waals surface area contributed by atoms with Crippen LogP contribution in [0.4, 0.5) is 5.82 Å². The summed E-state index contributed by atoms with van der Waals surface area (Å²) in [6.07, 6.45) is 4.45. The second-order valence-electron chi connectivity index (χ2n) is 7.74. The van der Waals surface area contributed by atoms with Gasteiger partial charge in [-0.15, -0.1) is 0 Å². The zero-order chi connectivity index (χ0) is 17.4. The molecule has 25 heavy (non-hydrogen) atoms. The van der Waals surface area contributed by atoms with E-state index < -0.39 is 0 Å². The second-order valence-corrected chi connectivity index (χ2v) is 7.74. The lowest BCUT2D eigenvalue weighted by Crippen LogP contribution is -2.40. The monoisotopic (exact) mass is 337 g/mol. The van der Waals surface area contributed by atoms with Crippen LogP contribution < -0.4 is 4.90 Å².